The van der Waals surface area contributed by atoms with E-state index in [-0.39, 0.29) is 0 Å². The molecule has 1 N–H and O–H groups in total. The highest BCUT2D eigenvalue weighted by Gasteiger charge is 2.12. The number of nitrogens with zero attached hydrogens (tertiary/aromatic N) is 2. The van der Waals surface area contributed by atoms with Crippen LogP contribution >= 0.6 is 11.3 Å². The van der Waals surface area contributed by atoms with Crippen molar-refractivity contribution in [2.45, 2.75) is 13.8 Å². The van der Waals surface area contributed by atoms with Crippen molar-refractivity contribution in [2.24, 2.45) is 0 Å². The number of thiophene rings is 1. The van der Waals surface area contributed by atoms with E-state index in [4.69, 9.17) is 0 Å². The van der Waals surface area contributed by atoms with Gasteiger partial charge in [-0.1, -0.05) is 24.3 Å². The molecule has 0 spiro atoms. The highest BCUT2D eigenvalue weighted by molar-refractivity contribution is 7.13. The van der Waals surface area contributed by atoms with Gasteiger partial charge in [-0.3, -0.25) is 5.10 Å². The third kappa shape index (κ3) is 1.84. The lowest BCUT2D eigenvalue weighted by Crippen LogP contribution is -1.89. The standard InChI is InChI=1S/C14H13N3S/c1-9-5-3-6-10(2)12(9)14-15-13(16-17-14)11-7-4-8-18-11/h3-8H,1-2H3,(H,15,16,17). The lowest BCUT2D eigenvalue weighted by Gasteiger charge is -2.04. The zero-order chi connectivity index (χ0) is 12.5. The van der Waals surface area contributed by atoms with Gasteiger partial charge in [-0.05, 0) is 36.4 Å². The smallest absolute Gasteiger partial charge is 0.182 e. The number of hydrogen-bond acceptors (Lipinski definition) is 3. The van der Waals surface area contributed by atoms with Gasteiger partial charge >= 0.3 is 0 Å². The zero-order valence-electron chi connectivity index (χ0n) is 10.3. The van der Waals surface area contributed by atoms with E-state index in [1.54, 1.807) is 11.3 Å². The number of aromatic amines is 1. The first-order chi connectivity index (χ1) is 8.75. The van der Waals surface area contributed by atoms with Gasteiger partial charge in [-0.25, -0.2) is 4.98 Å². The maximum Gasteiger partial charge on any atom is 0.182 e. The van der Waals surface area contributed by atoms with Crippen molar-refractivity contribution < 1.29 is 0 Å². The number of rotatable bonds is 2. The summed E-state index contributed by atoms with van der Waals surface area (Å²) in [5, 5.41) is 9.38. The van der Waals surface area contributed by atoms with Crippen LogP contribution in [0.15, 0.2) is 35.7 Å². The van der Waals surface area contributed by atoms with Crippen LogP contribution in [0.5, 0.6) is 0 Å². The van der Waals surface area contributed by atoms with Crippen LogP contribution in [-0.4, -0.2) is 15.2 Å². The van der Waals surface area contributed by atoms with E-state index in [0.29, 0.717) is 0 Å². The molecule has 18 heavy (non-hydrogen) atoms. The number of aryl methyl sites for hydroxylation is 2. The Morgan fingerprint density at radius 3 is 2.50 bits per heavy atom. The average Bonchev–Trinajstić information content (AvgIpc) is 2.99. The molecule has 0 fully saturated rings. The summed E-state index contributed by atoms with van der Waals surface area (Å²) in [4.78, 5) is 5.70. The average molecular weight is 255 g/mol. The fourth-order valence-electron chi connectivity index (χ4n) is 2.06. The molecule has 90 valence electrons. The SMILES string of the molecule is Cc1cccc(C)c1-c1n[nH]c(-c2cccs2)n1. The van der Waals surface area contributed by atoms with E-state index in [9.17, 15) is 0 Å². The van der Waals surface area contributed by atoms with Crippen molar-refractivity contribution in [2.75, 3.05) is 0 Å². The molecule has 0 amide bonds. The van der Waals surface area contributed by atoms with Crippen LogP contribution in [0.1, 0.15) is 11.1 Å². The van der Waals surface area contributed by atoms with Gasteiger partial charge in [0.25, 0.3) is 0 Å². The molecule has 0 unspecified atom stereocenters. The summed E-state index contributed by atoms with van der Waals surface area (Å²) in [7, 11) is 0. The number of aromatic nitrogens is 3. The van der Waals surface area contributed by atoms with Crippen LogP contribution in [0.4, 0.5) is 0 Å². The summed E-state index contributed by atoms with van der Waals surface area (Å²) >= 11 is 1.66. The third-order valence-corrected chi connectivity index (χ3v) is 3.82. The molecule has 3 nitrogen and oxygen atoms in total. The molecule has 3 rings (SSSR count). The monoisotopic (exact) mass is 255 g/mol. The highest BCUT2D eigenvalue weighted by atomic mass is 32.1. The molecule has 0 saturated heterocycles. The Hall–Kier alpha value is -1.94. The summed E-state index contributed by atoms with van der Waals surface area (Å²) < 4.78 is 0. The van der Waals surface area contributed by atoms with Gasteiger partial charge in [0, 0.05) is 5.56 Å². The largest absolute Gasteiger partial charge is 0.258 e. The molecule has 0 saturated carbocycles. The lowest BCUT2D eigenvalue weighted by atomic mass is 10.0. The zero-order valence-corrected chi connectivity index (χ0v) is 11.1. The molecule has 0 aliphatic carbocycles. The lowest BCUT2D eigenvalue weighted by molar-refractivity contribution is 1.10. The number of hydrogen-bond donors (Lipinski definition) is 1. The molecule has 4 heteroatoms. The third-order valence-electron chi connectivity index (χ3n) is 2.94. The van der Waals surface area contributed by atoms with Gasteiger partial charge < -0.3 is 0 Å². The predicted molar refractivity (Wildman–Crippen MR) is 74.6 cm³/mol. The summed E-state index contributed by atoms with van der Waals surface area (Å²) in [6.07, 6.45) is 0. The van der Waals surface area contributed by atoms with Crippen molar-refractivity contribution in [3.63, 3.8) is 0 Å². The van der Waals surface area contributed by atoms with Crippen molar-refractivity contribution >= 4 is 11.3 Å². The molecule has 1 aromatic carbocycles. The number of nitrogens with one attached hydrogen (secondary N) is 1. The van der Waals surface area contributed by atoms with Gasteiger partial charge in [-0.15, -0.1) is 11.3 Å². The molecule has 0 atom stereocenters. The summed E-state index contributed by atoms with van der Waals surface area (Å²) in [6.45, 7) is 4.17. The Kier molecular flexibility index (Phi) is 2.72. The molecule has 2 aromatic heterocycles. The second kappa shape index (κ2) is 4.38. The molecule has 0 bridgehead atoms. The molecule has 2 heterocycles. The van der Waals surface area contributed by atoms with E-state index in [1.165, 1.54) is 11.1 Å². The Balaban J connectivity index is 2.09. The minimum Gasteiger partial charge on any atom is -0.258 e. The highest BCUT2D eigenvalue weighted by Crippen LogP contribution is 2.27. The van der Waals surface area contributed by atoms with E-state index in [0.717, 1.165) is 22.1 Å². The van der Waals surface area contributed by atoms with Gasteiger partial charge in [0.1, 0.15) is 0 Å². The predicted octanol–water partition coefficient (Wildman–Crippen LogP) is 3.82. The minimum atomic E-state index is 0.772. The molecular formula is C14H13N3S. The Labute approximate surface area is 110 Å². The molecule has 0 radical (unpaired) electrons. The first-order valence-electron chi connectivity index (χ1n) is 5.78. The van der Waals surface area contributed by atoms with Gasteiger partial charge in [-0.2, -0.15) is 5.10 Å². The van der Waals surface area contributed by atoms with Crippen LogP contribution in [0.25, 0.3) is 22.1 Å². The van der Waals surface area contributed by atoms with Crippen molar-refractivity contribution in [1.82, 2.24) is 15.2 Å². The fraction of sp³-hybridized carbons (Fsp3) is 0.143. The van der Waals surface area contributed by atoms with E-state index in [1.807, 2.05) is 17.5 Å². The second-order valence-corrected chi connectivity index (χ2v) is 5.20. The van der Waals surface area contributed by atoms with Crippen LogP contribution < -0.4 is 0 Å². The van der Waals surface area contributed by atoms with Gasteiger partial charge in [0.2, 0.25) is 0 Å². The molecule has 3 aromatic rings. The number of H-pyrrole nitrogens is 1. The Morgan fingerprint density at radius 1 is 1.06 bits per heavy atom. The molecular weight excluding hydrogens is 242 g/mol. The van der Waals surface area contributed by atoms with Crippen molar-refractivity contribution in [1.29, 1.82) is 0 Å². The normalized spacial score (nSPS) is 10.8. The van der Waals surface area contributed by atoms with Gasteiger partial charge in [0.05, 0.1) is 4.88 Å². The maximum atomic E-state index is 4.59. The maximum absolute atomic E-state index is 4.59. The Bertz CT molecular complexity index is 648. The summed E-state index contributed by atoms with van der Waals surface area (Å²) in [6, 6.07) is 10.3. The number of benzene rings is 1. The minimum absolute atomic E-state index is 0.772. The van der Waals surface area contributed by atoms with Crippen LogP contribution in [0.3, 0.4) is 0 Å². The van der Waals surface area contributed by atoms with Crippen LogP contribution in [0.2, 0.25) is 0 Å². The molecule has 0 aliphatic heterocycles. The van der Waals surface area contributed by atoms with Crippen LogP contribution in [0, 0.1) is 13.8 Å². The molecule has 0 aliphatic rings. The van der Waals surface area contributed by atoms with E-state index >= 15 is 0 Å². The summed E-state index contributed by atoms with van der Waals surface area (Å²) in [5.74, 6) is 1.61. The first-order valence-corrected chi connectivity index (χ1v) is 6.66. The topological polar surface area (TPSA) is 41.6 Å². The fourth-order valence-corrected chi connectivity index (χ4v) is 2.73. The second-order valence-electron chi connectivity index (χ2n) is 4.25. The summed E-state index contributed by atoms with van der Waals surface area (Å²) in [5.41, 5.74) is 3.52. The quantitative estimate of drug-likeness (QED) is 0.756. The Morgan fingerprint density at radius 2 is 1.83 bits per heavy atom. The van der Waals surface area contributed by atoms with Gasteiger partial charge in [0.15, 0.2) is 11.6 Å². The van der Waals surface area contributed by atoms with Crippen molar-refractivity contribution in [3.8, 4) is 22.1 Å². The van der Waals surface area contributed by atoms with Crippen molar-refractivity contribution in [3.05, 3.63) is 46.8 Å². The van der Waals surface area contributed by atoms with E-state index < -0.39 is 0 Å². The van der Waals surface area contributed by atoms with Crippen LogP contribution in [-0.2, 0) is 0 Å². The van der Waals surface area contributed by atoms with E-state index in [2.05, 4.69) is 47.2 Å². The first kappa shape index (κ1) is 11.2.